The number of methoxy groups -OCH3 is 3. The highest BCUT2D eigenvalue weighted by atomic mass is 16.5. The van der Waals surface area contributed by atoms with Gasteiger partial charge >= 0.3 is 0 Å². The van der Waals surface area contributed by atoms with E-state index < -0.39 is 0 Å². The van der Waals surface area contributed by atoms with Crippen molar-refractivity contribution in [2.24, 2.45) is 5.10 Å². The highest BCUT2D eigenvalue weighted by Gasteiger charge is 2.22. The molecule has 25 heavy (non-hydrogen) atoms. The predicted octanol–water partition coefficient (Wildman–Crippen LogP) is 1.69. The number of nitrogens with zero attached hydrogens (tertiary/aromatic N) is 2. The molecule has 0 aliphatic heterocycles. The van der Waals surface area contributed by atoms with Gasteiger partial charge in [0.05, 0.1) is 27.5 Å². The van der Waals surface area contributed by atoms with Crippen molar-refractivity contribution in [2.75, 3.05) is 21.3 Å². The number of hydrazone groups is 1. The summed E-state index contributed by atoms with van der Waals surface area (Å²) in [4.78, 5) is 12.2. The lowest BCUT2D eigenvalue weighted by atomic mass is 10.2. The molecular weight excluding hydrogens is 324 g/mol. The summed E-state index contributed by atoms with van der Waals surface area (Å²) in [5.41, 5.74) is 5.64. The Balaban J connectivity index is 1.74. The number of rotatable bonds is 6. The van der Waals surface area contributed by atoms with Crippen molar-refractivity contribution in [2.45, 2.75) is 19.3 Å². The summed E-state index contributed by atoms with van der Waals surface area (Å²) in [6.07, 6.45) is 4.35. The molecule has 1 heterocycles. The molecule has 1 aliphatic carbocycles. The average molecular weight is 344 g/mol. The number of H-pyrrole nitrogens is 1. The largest absolute Gasteiger partial charge is 0.493 e. The number of hydrogen-bond donors (Lipinski definition) is 2. The second kappa shape index (κ2) is 7.25. The molecule has 0 spiro atoms. The summed E-state index contributed by atoms with van der Waals surface area (Å²) in [6.45, 7) is 0. The van der Waals surface area contributed by atoms with Gasteiger partial charge in [-0.05, 0) is 31.4 Å². The van der Waals surface area contributed by atoms with Crippen LogP contribution in [-0.4, -0.2) is 43.6 Å². The molecule has 8 nitrogen and oxygen atoms in total. The van der Waals surface area contributed by atoms with Crippen LogP contribution < -0.4 is 19.6 Å². The minimum absolute atomic E-state index is 0.330. The summed E-state index contributed by atoms with van der Waals surface area (Å²) in [7, 11) is 4.62. The zero-order valence-electron chi connectivity index (χ0n) is 14.4. The Bertz CT molecular complexity index is 788. The Morgan fingerprint density at radius 2 is 1.92 bits per heavy atom. The maximum atomic E-state index is 12.2. The summed E-state index contributed by atoms with van der Waals surface area (Å²) in [5, 5.41) is 11.0. The molecule has 2 aromatic rings. The third-order valence-electron chi connectivity index (χ3n) is 4.09. The van der Waals surface area contributed by atoms with E-state index in [2.05, 4.69) is 20.7 Å². The quantitative estimate of drug-likeness (QED) is 0.614. The maximum absolute atomic E-state index is 12.2. The monoisotopic (exact) mass is 344 g/mol. The van der Waals surface area contributed by atoms with Crippen LogP contribution >= 0.6 is 0 Å². The van der Waals surface area contributed by atoms with Crippen molar-refractivity contribution in [1.82, 2.24) is 15.6 Å². The lowest BCUT2D eigenvalue weighted by molar-refractivity contribution is 0.0949. The summed E-state index contributed by atoms with van der Waals surface area (Å²) in [5.74, 6) is 1.20. The van der Waals surface area contributed by atoms with Crippen molar-refractivity contribution in [3.63, 3.8) is 0 Å². The van der Waals surface area contributed by atoms with Gasteiger partial charge in [-0.15, -0.1) is 0 Å². The molecule has 0 saturated heterocycles. The Morgan fingerprint density at radius 1 is 1.20 bits per heavy atom. The van der Waals surface area contributed by atoms with Crippen LogP contribution in [-0.2, 0) is 12.8 Å². The number of aryl methyl sites for hydroxylation is 1. The Kier molecular flexibility index (Phi) is 4.87. The molecule has 0 radical (unpaired) electrons. The van der Waals surface area contributed by atoms with Crippen LogP contribution in [0.4, 0.5) is 0 Å². The number of benzene rings is 1. The molecule has 0 atom stereocenters. The van der Waals surface area contributed by atoms with E-state index in [-0.39, 0.29) is 5.91 Å². The SMILES string of the molecule is COc1cc(/C=N/NC(=O)c2n[nH]c3c2CCC3)cc(OC)c1OC. The van der Waals surface area contributed by atoms with Crippen LogP contribution in [0.25, 0.3) is 0 Å². The van der Waals surface area contributed by atoms with Crippen molar-refractivity contribution >= 4 is 12.1 Å². The molecule has 1 aliphatic rings. The first kappa shape index (κ1) is 16.8. The fraction of sp³-hybridized carbons (Fsp3) is 0.353. The molecular formula is C17H20N4O4. The minimum atomic E-state index is -0.330. The molecule has 1 aromatic heterocycles. The van der Waals surface area contributed by atoms with E-state index in [1.54, 1.807) is 12.1 Å². The molecule has 132 valence electrons. The van der Waals surface area contributed by atoms with Gasteiger partial charge < -0.3 is 14.2 Å². The zero-order valence-corrected chi connectivity index (χ0v) is 14.4. The van der Waals surface area contributed by atoms with E-state index in [0.29, 0.717) is 28.5 Å². The summed E-state index contributed by atoms with van der Waals surface area (Å²) in [6, 6.07) is 3.48. The predicted molar refractivity (Wildman–Crippen MR) is 91.8 cm³/mol. The molecule has 0 fully saturated rings. The zero-order chi connectivity index (χ0) is 17.8. The number of aromatic amines is 1. The minimum Gasteiger partial charge on any atom is -0.493 e. The smallest absolute Gasteiger partial charge is 0.292 e. The molecule has 1 amide bonds. The normalized spacial score (nSPS) is 12.9. The van der Waals surface area contributed by atoms with E-state index >= 15 is 0 Å². The highest BCUT2D eigenvalue weighted by Crippen LogP contribution is 2.37. The maximum Gasteiger partial charge on any atom is 0.292 e. The fourth-order valence-corrected chi connectivity index (χ4v) is 2.90. The molecule has 2 N–H and O–H groups in total. The average Bonchev–Trinajstić information content (AvgIpc) is 3.24. The second-order valence-electron chi connectivity index (χ2n) is 5.54. The van der Waals surface area contributed by atoms with Gasteiger partial charge in [-0.25, -0.2) is 5.43 Å². The van der Waals surface area contributed by atoms with Gasteiger partial charge in [-0.2, -0.15) is 10.2 Å². The van der Waals surface area contributed by atoms with Crippen LogP contribution in [0.2, 0.25) is 0 Å². The number of amides is 1. The van der Waals surface area contributed by atoms with Gasteiger partial charge in [0.2, 0.25) is 5.75 Å². The Labute approximate surface area is 145 Å². The summed E-state index contributed by atoms with van der Waals surface area (Å²) >= 11 is 0. The second-order valence-corrected chi connectivity index (χ2v) is 5.54. The standard InChI is InChI=1S/C17H20N4O4/c1-23-13-7-10(8-14(24-2)16(13)25-3)9-18-21-17(22)15-11-5-4-6-12(11)19-20-15/h7-9H,4-6H2,1-3H3,(H,19,20)(H,21,22)/b18-9+. The summed E-state index contributed by atoms with van der Waals surface area (Å²) < 4.78 is 15.8. The molecule has 0 bridgehead atoms. The first-order valence-corrected chi connectivity index (χ1v) is 7.87. The van der Waals surface area contributed by atoms with Crippen LogP contribution in [0.15, 0.2) is 17.2 Å². The van der Waals surface area contributed by atoms with Gasteiger partial charge in [0, 0.05) is 16.8 Å². The Hall–Kier alpha value is -3.03. The van der Waals surface area contributed by atoms with E-state index in [1.165, 1.54) is 27.5 Å². The lowest BCUT2D eigenvalue weighted by Crippen LogP contribution is -2.19. The number of nitrogens with one attached hydrogen (secondary N) is 2. The van der Waals surface area contributed by atoms with Crippen molar-refractivity contribution in [1.29, 1.82) is 0 Å². The highest BCUT2D eigenvalue weighted by molar-refractivity contribution is 5.95. The third kappa shape index (κ3) is 3.28. The van der Waals surface area contributed by atoms with Crippen LogP contribution in [0, 0.1) is 0 Å². The molecule has 0 unspecified atom stereocenters. The van der Waals surface area contributed by atoms with Crippen molar-refractivity contribution in [3.05, 3.63) is 34.6 Å². The van der Waals surface area contributed by atoms with Gasteiger partial charge in [-0.1, -0.05) is 0 Å². The number of carbonyl (C=O) groups excluding carboxylic acids is 1. The first-order valence-electron chi connectivity index (χ1n) is 7.87. The van der Waals surface area contributed by atoms with Crippen LogP contribution in [0.1, 0.15) is 33.7 Å². The lowest BCUT2D eigenvalue weighted by Gasteiger charge is -2.12. The van der Waals surface area contributed by atoms with Gasteiger partial charge in [-0.3, -0.25) is 9.89 Å². The Morgan fingerprint density at radius 3 is 2.56 bits per heavy atom. The number of carbonyl (C=O) groups is 1. The first-order chi connectivity index (χ1) is 12.2. The van der Waals surface area contributed by atoms with E-state index in [9.17, 15) is 4.79 Å². The van der Waals surface area contributed by atoms with Crippen LogP contribution in [0.3, 0.4) is 0 Å². The van der Waals surface area contributed by atoms with Gasteiger partial charge in [0.15, 0.2) is 17.2 Å². The molecule has 8 heteroatoms. The van der Waals surface area contributed by atoms with Gasteiger partial charge in [0.25, 0.3) is 5.91 Å². The van der Waals surface area contributed by atoms with Gasteiger partial charge in [0.1, 0.15) is 0 Å². The van der Waals surface area contributed by atoms with Crippen LogP contribution in [0.5, 0.6) is 17.2 Å². The molecule has 1 aromatic carbocycles. The molecule has 3 rings (SSSR count). The fourth-order valence-electron chi connectivity index (χ4n) is 2.90. The van der Waals surface area contributed by atoms with Crippen molar-refractivity contribution < 1.29 is 19.0 Å². The number of aromatic nitrogens is 2. The number of ether oxygens (including phenoxy) is 3. The van der Waals surface area contributed by atoms with E-state index in [4.69, 9.17) is 14.2 Å². The van der Waals surface area contributed by atoms with E-state index in [1.807, 2.05) is 0 Å². The third-order valence-corrected chi connectivity index (χ3v) is 4.09. The van der Waals surface area contributed by atoms with E-state index in [0.717, 1.165) is 30.5 Å². The molecule has 0 saturated carbocycles. The topological polar surface area (TPSA) is 97.8 Å². The number of hydrogen-bond acceptors (Lipinski definition) is 6. The number of fused-ring (bicyclic) bond motifs is 1. The van der Waals surface area contributed by atoms with Crippen molar-refractivity contribution in [3.8, 4) is 17.2 Å².